The van der Waals surface area contributed by atoms with Crippen molar-refractivity contribution in [2.24, 2.45) is 0 Å². The van der Waals surface area contributed by atoms with E-state index in [1.807, 2.05) is 48.6 Å². The van der Waals surface area contributed by atoms with Crippen LogP contribution in [0.25, 0.3) is 44.7 Å². The molecule has 5 rings (SSSR count). The number of benzene rings is 4. The van der Waals surface area contributed by atoms with Gasteiger partial charge in [0.25, 0.3) is 5.69 Å². The molecule has 0 aliphatic carbocycles. The molecule has 0 spiro atoms. The molecule has 0 aliphatic rings. The van der Waals surface area contributed by atoms with E-state index in [0.717, 1.165) is 43.7 Å². The summed E-state index contributed by atoms with van der Waals surface area (Å²) in [5, 5.41) is 15.4. The highest BCUT2D eigenvalue weighted by Gasteiger charge is 2.10. The van der Waals surface area contributed by atoms with Crippen molar-refractivity contribution in [2.45, 2.75) is 0 Å². The first-order valence-electron chi connectivity index (χ1n) is 9.33. The molecule has 5 aromatic rings. The lowest BCUT2D eigenvalue weighted by Gasteiger charge is -2.10. The highest BCUT2D eigenvalue weighted by Crippen LogP contribution is 2.32. The van der Waals surface area contributed by atoms with Crippen molar-refractivity contribution in [1.29, 1.82) is 0 Å². The maximum absolute atomic E-state index is 11.1. The third-order valence-corrected chi connectivity index (χ3v) is 5.14. The monoisotopic (exact) mass is 376 g/mol. The van der Waals surface area contributed by atoms with Crippen molar-refractivity contribution in [3.63, 3.8) is 0 Å². The standard InChI is InChI=1S/C25H16N2O2/c28-27(29)19-8-5-6-17(16-19)12-14-21-22-10-3-4-11-24(22)26-25-20-9-2-1-7-18(20)13-15-23(21)25/h1-16H/b14-12-. The number of rotatable bonds is 3. The molecule has 138 valence electrons. The maximum Gasteiger partial charge on any atom is 0.270 e. The largest absolute Gasteiger partial charge is 0.270 e. The molecule has 1 aromatic heterocycles. The third-order valence-electron chi connectivity index (χ3n) is 5.14. The molecule has 0 aliphatic heterocycles. The fourth-order valence-corrected chi connectivity index (χ4v) is 3.76. The first-order chi connectivity index (χ1) is 14.2. The summed E-state index contributed by atoms with van der Waals surface area (Å²) in [6.45, 7) is 0. The Balaban J connectivity index is 1.78. The molecule has 0 atom stereocenters. The second kappa shape index (κ2) is 6.84. The lowest BCUT2D eigenvalue weighted by molar-refractivity contribution is -0.384. The zero-order valence-electron chi connectivity index (χ0n) is 15.4. The number of aromatic nitrogens is 1. The predicted molar refractivity (Wildman–Crippen MR) is 119 cm³/mol. The Kier molecular flexibility index (Phi) is 4.03. The van der Waals surface area contributed by atoms with E-state index >= 15 is 0 Å². The molecule has 29 heavy (non-hydrogen) atoms. The predicted octanol–water partition coefficient (Wildman–Crippen LogP) is 6.62. The van der Waals surface area contributed by atoms with Gasteiger partial charge in [-0.05, 0) is 22.6 Å². The van der Waals surface area contributed by atoms with Crippen LogP contribution in [0.4, 0.5) is 5.69 Å². The van der Waals surface area contributed by atoms with Crippen LogP contribution in [0, 0.1) is 10.1 Å². The van der Waals surface area contributed by atoms with Crippen LogP contribution < -0.4 is 0 Å². The molecular formula is C25H16N2O2. The average Bonchev–Trinajstić information content (AvgIpc) is 2.76. The fourth-order valence-electron chi connectivity index (χ4n) is 3.76. The summed E-state index contributed by atoms with van der Waals surface area (Å²) in [6, 6.07) is 27.2. The van der Waals surface area contributed by atoms with Crippen molar-refractivity contribution in [1.82, 2.24) is 4.98 Å². The minimum Gasteiger partial charge on any atom is -0.258 e. The van der Waals surface area contributed by atoms with Crippen molar-refractivity contribution >= 4 is 50.4 Å². The second-order valence-corrected chi connectivity index (χ2v) is 6.91. The first kappa shape index (κ1) is 17.1. The van der Waals surface area contributed by atoms with E-state index in [9.17, 15) is 10.1 Å². The lowest BCUT2D eigenvalue weighted by Crippen LogP contribution is -1.90. The maximum atomic E-state index is 11.1. The van der Waals surface area contributed by atoms with Gasteiger partial charge in [0.15, 0.2) is 0 Å². The summed E-state index contributed by atoms with van der Waals surface area (Å²) in [5.74, 6) is 0. The molecule has 0 radical (unpaired) electrons. The second-order valence-electron chi connectivity index (χ2n) is 6.91. The van der Waals surface area contributed by atoms with Gasteiger partial charge in [-0.25, -0.2) is 4.98 Å². The zero-order valence-corrected chi connectivity index (χ0v) is 15.4. The quantitative estimate of drug-likeness (QED) is 0.154. The molecule has 0 unspecified atom stereocenters. The Morgan fingerprint density at radius 3 is 2.41 bits per heavy atom. The Labute approximate surface area is 166 Å². The van der Waals surface area contributed by atoms with Crippen LogP contribution in [0.1, 0.15) is 11.1 Å². The third kappa shape index (κ3) is 3.01. The molecular weight excluding hydrogens is 360 g/mol. The smallest absolute Gasteiger partial charge is 0.258 e. The number of non-ortho nitro benzene ring substituents is 1. The van der Waals surface area contributed by atoms with E-state index in [2.05, 4.69) is 30.3 Å². The number of nitro groups is 1. The van der Waals surface area contributed by atoms with Gasteiger partial charge < -0.3 is 0 Å². The summed E-state index contributed by atoms with van der Waals surface area (Å²) < 4.78 is 0. The molecule has 4 aromatic carbocycles. The molecule has 0 N–H and O–H groups in total. The van der Waals surface area contributed by atoms with Crippen molar-refractivity contribution in [2.75, 3.05) is 0 Å². The summed E-state index contributed by atoms with van der Waals surface area (Å²) in [4.78, 5) is 15.6. The van der Waals surface area contributed by atoms with Gasteiger partial charge in [0.2, 0.25) is 0 Å². The van der Waals surface area contributed by atoms with E-state index in [-0.39, 0.29) is 10.6 Å². The Morgan fingerprint density at radius 1 is 0.759 bits per heavy atom. The highest BCUT2D eigenvalue weighted by atomic mass is 16.6. The SMILES string of the molecule is O=[N+]([O-])c1cccc(/C=C\c2c3ccccc3nc3c2ccc2ccccc23)c1. The number of hydrogen-bond acceptors (Lipinski definition) is 3. The summed E-state index contributed by atoms with van der Waals surface area (Å²) in [7, 11) is 0. The number of fused-ring (bicyclic) bond motifs is 4. The topological polar surface area (TPSA) is 56.0 Å². The number of nitro benzene ring substituents is 1. The average molecular weight is 376 g/mol. The van der Waals surface area contributed by atoms with E-state index in [4.69, 9.17) is 4.98 Å². The van der Waals surface area contributed by atoms with Crippen LogP contribution in [0.3, 0.4) is 0 Å². The minimum absolute atomic E-state index is 0.0857. The summed E-state index contributed by atoms with van der Waals surface area (Å²) in [6.07, 6.45) is 3.95. The normalized spacial score (nSPS) is 11.6. The fraction of sp³-hybridized carbons (Fsp3) is 0. The minimum atomic E-state index is -0.374. The first-order valence-corrected chi connectivity index (χ1v) is 9.33. The van der Waals surface area contributed by atoms with Crippen LogP contribution >= 0.6 is 0 Å². The Hall–Kier alpha value is -4.05. The summed E-state index contributed by atoms with van der Waals surface area (Å²) >= 11 is 0. The van der Waals surface area contributed by atoms with Crippen LogP contribution in [-0.2, 0) is 0 Å². The Morgan fingerprint density at radius 2 is 1.55 bits per heavy atom. The van der Waals surface area contributed by atoms with Crippen molar-refractivity contribution in [3.05, 3.63) is 106 Å². The van der Waals surface area contributed by atoms with Crippen LogP contribution in [0.5, 0.6) is 0 Å². The molecule has 0 fully saturated rings. The van der Waals surface area contributed by atoms with Crippen LogP contribution in [0.15, 0.2) is 84.9 Å². The molecule has 0 saturated heterocycles. The van der Waals surface area contributed by atoms with Gasteiger partial charge in [-0.3, -0.25) is 10.1 Å². The van der Waals surface area contributed by atoms with Crippen LogP contribution in [-0.4, -0.2) is 9.91 Å². The van der Waals surface area contributed by atoms with Gasteiger partial charge in [0.05, 0.1) is 16.0 Å². The van der Waals surface area contributed by atoms with Crippen molar-refractivity contribution in [3.8, 4) is 0 Å². The van der Waals surface area contributed by atoms with E-state index < -0.39 is 0 Å². The van der Waals surface area contributed by atoms with Gasteiger partial charge in [-0.15, -0.1) is 0 Å². The van der Waals surface area contributed by atoms with E-state index in [1.165, 1.54) is 6.07 Å². The van der Waals surface area contributed by atoms with Gasteiger partial charge in [-0.1, -0.05) is 78.9 Å². The molecule has 0 amide bonds. The Bertz CT molecular complexity index is 1440. The van der Waals surface area contributed by atoms with E-state index in [0.29, 0.717) is 0 Å². The number of hydrogen-bond donors (Lipinski definition) is 0. The molecule has 4 heteroatoms. The van der Waals surface area contributed by atoms with Gasteiger partial charge >= 0.3 is 0 Å². The van der Waals surface area contributed by atoms with Gasteiger partial charge in [0, 0.05) is 28.3 Å². The molecule has 0 bridgehead atoms. The van der Waals surface area contributed by atoms with Crippen LogP contribution in [0.2, 0.25) is 0 Å². The molecule has 4 nitrogen and oxygen atoms in total. The van der Waals surface area contributed by atoms with Gasteiger partial charge in [-0.2, -0.15) is 0 Å². The highest BCUT2D eigenvalue weighted by molar-refractivity contribution is 6.13. The lowest BCUT2D eigenvalue weighted by atomic mass is 9.98. The van der Waals surface area contributed by atoms with E-state index in [1.54, 1.807) is 12.1 Å². The molecule has 0 saturated carbocycles. The van der Waals surface area contributed by atoms with Gasteiger partial charge in [0.1, 0.15) is 0 Å². The molecule has 1 heterocycles. The summed E-state index contributed by atoms with van der Waals surface area (Å²) in [5.41, 5.74) is 3.81. The number of para-hydroxylation sites is 1. The van der Waals surface area contributed by atoms with Crippen molar-refractivity contribution < 1.29 is 4.92 Å². The zero-order chi connectivity index (χ0) is 19.8. The number of pyridine rings is 1. The number of nitrogens with zero attached hydrogens (tertiary/aromatic N) is 2.